The molecule has 202 valence electrons. The number of aliphatic imine (C=N–C) groups is 2. The van der Waals surface area contributed by atoms with Crippen LogP contribution in [0.4, 0.5) is 0 Å². The van der Waals surface area contributed by atoms with Crippen molar-refractivity contribution in [3.63, 3.8) is 0 Å². The van der Waals surface area contributed by atoms with Gasteiger partial charge in [-0.15, -0.1) is 0 Å². The lowest BCUT2D eigenvalue weighted by Gasteiger charge is -2.07. The smallest absolute Gasteiger partial charge is 0.119 e. The van der Waals surface area contributed by atoms with Gasteiger partial charge in [-0.2, -0.15) is 0 Å². The molecule has 0 radical (unpaired) electrons. The summed E-state index contributed by atoms with van der Waals surface area (Å²) in [6, 6.07) is 16.2. The van der Waals surface area contributed by atoms with Gasteiger partial charge in [0.05, 0.1) is 0 Å². The van der Waals surface area contributed by atoms with E-state index in [1.165, 1.54) is 6.42 Å². The zero-order valence-corrected chi connectivity index (χ0v) is 24.4. The summed E-state index contributed by atoms with van der Waals surface area (Å²) >= 11 is 0. The van der Waals surface area contributed by atoms with Gasteiger partial charge in [-0.3, -0.25) is 9.98 Å². The second kappa shape index (κ2) is 27.1. The van der Waals surface area contributed by atoms with Crippen LogP contribution in [0.5, 0.6) is 5.75 Å². The van der Waals surface area contributed by atoms with Crippen molar-refractivity contribution in [2.45, 2.75) is 67.9 Å². The van der Waals surface area contributed by atoms with E-state index in [0.717, 1.165) is 47.5 Å². The van der Waals surface area contributed by atoms with Crippen molar-refractivity contribution in [3.8, 4) is 5.75 Å². The first-order valence-electron chi connectivity index (χ1n) is 13.4. The molecule has 0 unspecified atom stereocenters. The fraction of sp³-hybridized carbons (Fsp3) is 0.353. The van der Waals surface area contributed by atoms with Crippen molar-refractivity contribution in [3.05, 3.63) is 108 Å². The molecule has 0 aliphatic heterocycles. The maximum atomic E-state index is 5.79. The van der Waals surface area contributed by atoms with E-state index in [4.69, 9.17) is 4.74 Å². The molecule has 0 amide bonds. The molecule has 0 aromatic heterocycles. The number of benzene rings is 2. The summed E-state index contributed by atoms with van der Waals surface area (Å²) in [5.74, 6) is 0.874. The summed E-state index contributed by atoms with van der Waals surface area (Å²) in [6.07, 6.45) is 15.7. The SMILES string of the molecule is C/C=C\C.C=C/C(C=NCC)=C\C.C=Cc1ccc(COc2ccc(C=NCCCC)cc2)cc1.CC. The Morgan fingerprint density at radius 3 is 1.89 bits per heavy atom. The molecule has 2 aromatic carbocycles. The zero-order chi connectivity index (χ0) is 28.2. The molecular formula is C34H50N2O. The van der Waals surface area contributed by atoms with E-state index in [9.17, 15) is 0 Å². The Hall–Kier alpha value is -3.46. The van der Waals surface area contributed by atoms with Crippen LogP contribution in [0.2, 0.25) is 0 Å². The Kier molecular flexibility index (Phi) is 26.2. The number of unbranched alkanes of at least 4 members (excludes halogenated alkanes) is 1. The van der Waals surface area contributed by atoms with Gasteiger partial charge in [0, 0.05) is 25.5 Å². The Morgan fingerprint density at radius 1 is 0.838 bits per heavy atom. The number of nitrogens with zero attached hydrogens (tertiary/aromatic N) is 2. The highest BCUT2D eigenvalue weighted by Gasteiger charge is 1.97. The van der Waals surface area contributed by atoms with Crippen LogP contribution < -0.4 is 4.74 Å². The molecule has 0 fully saturated rings. The molecule has 2 rings (SSSR count). The second-order valence-corrected chi connectivity index (χ2v) is 7.48. The maximum Gasteiger partial charge on any atom is 0.119 e. The van der Waals surface area contributed by atoms with E-state index in [-0.39, 0.29) is 0 Å². The fourth-order valence-corrected chi connectivity index (χ4v) is 2.43. The summed E-state index contributed by atoms with van der Waals surface area (Å²) in [5.41, 5.74) is 4.46. The molecule has 0 aliphatic carbocycles. The van der Waals surface area contributed by atoms with Gasteiger partial charge >= 0.3 is 0 Å². The molecule has 0 N–H and O–H groups in total. The third kappa shape index (κ3) is 20.4. The third-order valence-electron chi connectivity index (χ3n) is 4.71. The number of rotatable bonds is 11. The average molecular weight is 503 g/mol. The highest BCUT2D eigenvalue weighted by atomic mass is 16.5. The molecule has 0 spiro atoms. The van der Waals surface area contributed by atoms with Gasteiger partial charge in [-0.05, 0) is 80.6 Å². The molecule has 2 aromatic rings. The number of allylic oxidation sites excluding steroid dienone is 5. The first-order chi connectivity index (χ1) is 18.1. The largest absolute Gasteiger partial charge is 0.489 e. The lowest BCUT2D eigenvalue weighted by atomic mass is 10.1. The van der Waals surface area contributed by atoms with Crippen molar-refractivity contribution in [1.82, 2.24) is 0 Å². The normalized spacial score (nSPS) is 10.6. The molecule has 3 nitrogen and oxygen atoms in total. The van der Waals surface area contributed by atoms with Crippen LogP contribution in [-0.2, 0) is 6.61 Å². The fourth-order valence-electron chi connectivity index (χ4n) is 2.43. The topological polar surface area (TPSA) is 34.0 Å². The van der Waals surface area contributed by atoms with E-state index in [2.05, 4.69) is 42.2 Å². The summed E-state index contributed by atoms with van der Waals surface area (Å²) < 4.78 is 5.79. The van der Waals surface area contributed by atoms with Gasteiger partial charge in [0.2, 0.25) is 0 Å². The van der Waals surface area contributed by atoms with Crippen LogP contribution in [0, 0.1) is 0 Å². The highest BCUT2D eigenvalue weighted by Crippen LogP contribution is 2.14. The standard InChI is InChI=1S/C20H23NO.C8H13N.C4H8.C2H6/c1-3-5-14-21-15-18-10-12-20(13-11-18)22-16-19-8-6-17(4-2)7-9-19;1-4-8(5-2)7-9-6-3;1-3-4-2;1-2/h4,6-13,15H,2-3,5,14,16H2,1H3;4-5,7H,1,6H2,2-3H3;3-4H,1-2H3;1-2H3/b;8-5+,9-7?;4-3-;. The van der Waals surface area contributed by atoms with Gasteiger partial charge in [0.25, 0.3) is 0 Å². The number of hydrogen-bond acceptors (Lipinski definition) is 3. The molecule has 0 aliphatic rings. The van der Waals surface area contributed by atoms with E-state index < -0.39 is 0 Å². The van der Waals surface area contributed by atoms with Gasteiger partial charge in [0.15, 0.2) is 0 Å². The van der Waals surface area contributed by atoms with Gasteiger partial charge in [-0.1, -0.05) is 95.0 Å². The highest BCUT2D eigenvalue weighted by molar-refractivity contribution is 5.81. The third-order valence-corrected chi connectivity index (χ3v) is 4.71. The second-order valence-electron chi connectivity index (χ2n) is 7.48. The van der Waals surface area contributed by atoms with Crippen molar-refractivity contribution >= 4 is 18.5 Å². The summed E-state index contributed by atoms with van der Waals surface area (Å²) in [4.78, 5) is 8.45. The first kappa shape index (κ1) is 35.7. The van der Waals surface area contributed by atoms with Crippen LogP contribution in [-0.4, -0.2) is 25.5 Å². The molecule has 0 saturated carbocycles. The Balaban J connectivity index is 0. The Morgan fingerprint density at radius 2 is 1.43 bits per heavy atom. The average Bonchev–Trinajstić information content (AvgIpc) is 2.97. The van der Waals surface area contributed by atoms with Crippen LogP contribution in [0.3, 0.4) is 0 Å². The minimum atomic E-state index is 0.571. The molecule has 3 heteroatoms. The van der Waals surface area contributed by atoms with Crippen molar-refractivity contribution in [1.29, 1.82) is 0 Å². The molecule has 0 saturated heterocycles. The molecule has 0 atom stereocenters. The minimum absolute atomic E-state index is 0.571. The van der Waals surface area contributed by atoms with Crippen molar-refractivity contribution in [2.24, 2.45) is 9.98 Å². The minimum Gasteiger partial charge on any atom is -0.489 e. The van der Waals surface area contributed by atoms with E-state index in [0.29, 0.717) is 6.61 Å². The first-order valence-corrected chi connectivity index (χ1v) is 13.4. The van der Waals surface area contributed by atoms with E-state index in [1.54, 1.807) is 6.08 Å². The van der Waals surface area contributed by atoms with Crippen LogP contribution in [0.15, 0.2) is 102 Å². The summed E-state index contributed by atoms with van der Waals surface area (Å²) in [6.45, 7) is 23.8. The molecule has 0 bridgehead atoms. The molecule has 0 heterocycles. The van der Waals surface area contributed by atoms with Gasteiger partial charge in [0.1, 0.15) is 12.4 Å². The van der Waals surface area contributed by atoms with Crippen LogP contribution >= 0.6 is 0 Å². The van der Waals surface area contributed by atoms with E-state index >= 15 is 0 Å². The Bertz CT molecular complexity index is 913. The molecule has 37 heavy (non-hydrogen) atoms. The van der Waals surface area contributed by atoms with Crippen molar-refractivity contribution < 1.29 is 4.74 Å². The summed E-state index contributed by atoms with van der Waals surface area (Å²) in [7, 11) is 0. The van der Waals surface area contributed by atoms with E-state index in [1.807, 2.05) is 115 Å². The summed E-state index contributed by atoms with van der Waals surface area (Å²) in [5, 5.41) is 0. The van der Waals surface area contributed by atoms with Crippen LogP contribution in [0.1, 0.15) is 78.0 Å². The monoisotopic (exact) mass is 502 g/mol. The van der Waals surface area contributed by atoms with Crippen molar-refractivity contribution in [2.75, 3.05) is 13.1 Å². The predicted octanol–water partition coefficient (Wildman–Crippen LogP) is 9.95. The predicted molar refractivity (Wildman–Crippen MR) is 169 cm³/mol. The Labute approximate surface area is 228 Å². The zero-order valence-electron chi connectivity index (χ0n) is 24.4. The van der Waals surface area contributed by atoms with Gasteiger partial charge < -0.3 is 4.74 Å². The lowest BCUT2D eigenvalue weighted by molar-refractivity contribution is 0.306. The van der Waals surface area contributed by atoms with Crippen LogP contribution in [0.25, 0.3) is 6.08 Å². The lowest BCUT2D eigenvalue weighted by Crippen LogP contribution is -1.95. The number of ether oxygens (including phenoxy) is 1. The van der Waals surface area contributed by atoms with Gasteiger partial charge in [-0.25, -0.2) is 0 Å². The maximum absolute atomic E-state index is 5.79. The quantitative estimate of drug-likeness (QED) is 0.130. The molecular weight excluding hydrogens is 452 g/mol. The number of hydrogen-bond donors (Lipinski definition) is 0.